The number of ketones is 1. The third-order valence-corrected chi connectivity index (χ3v) is 2.73. The topological polar surface area (TPSA) is 46.5 Å². The van der Waals surface area contributed by atoms with E-state index in [4.69, 9.17) is 9.84 Å². The molecule has 19 heavy (non-hydrogen) atoms. The molecular formula is C16H16O3. The normalized spacial score (nSPS) is 10.2. The van der Waals surface area contributed by atoms with Gasteiger partial charge in [0.2, 0.25) is 0 Å². The average Bonchev–Trinajstić information content (AvgIpc) is 2.48. The fourth-order valence-electron chi connectivity index (χ4n) is 1.77. The second-order valence-corrected chi connectivity index (χ2v) is 4.12. The summed E-state index contributed by atoms with van der Waals surface area (Å²) in [6.07, 6.45) is 0.549. The fourth-order valence-corrected chi connectivity index (χ4v) is 1.77. The molecule has 0 aliphatic rings. The lowest BCUT2D eigenvalue weighted by atomic mass is 10.0. The van der Waals surface area contributed by atoms with Gasteiger partial charge in [-0.3, -0.25) is 4.79 Å². The van der Waals surface area contributed by atoms with Gasteiger partial charge in [0.25, 0.3) is 0 Å². The summed E-state index contributed by atoms with van der Waals surface area (Å²) < 4.78 is 5.54. The molecule has 0 saturated carbocycles. The summed E-state index contributed by atoms with van der Waals surface area (Å²) in [5, 5.41) is 8.75. The molecule has 0 radical (unpaired) electrons. The van der Waals surface area contributed by atoms with Gasteiger partial charge in [0.1, 0.15) is 5.75 Å². The zero-order valence-corrected chi connectivity index (χ0v) is 10.6. The number of aliphatic hydroxyl groups is 1. The van der Waals surface area contributed by atoms with Crippen LogP contribution in [-0.4, -0.2) is 24.1 Å². The van der Waals surface area contributed by atoms with Crippen LogP contribution in [0.5, 0.6) is 5.75 Å². The molecule has 1 N–H and O–H groups in total. The molecule has 0 heterocycles. The van der Waals surface area contributed by atoms with Crippen molar-refractivity contribution < 1.29 is 14.6 Å². The van der Waals surface area contributed by atoms with Gasteiger partial charge in [-0.25, -0.2) is 0 Å². The first-order chi connectivity index (χ1) is 9.33. The first-order valence-corrected chi connectivity index (χ1v) is 6.25. The van der Waals surface area contributed by atoms with Crippen LogP contribution in [0.3, 0.4) is 0 Å². The van der Waals surface area contributed by atoms with E-state index >= 15 is 0 Å². The molecule has 0 spiro atoms. The Kier molecular flexibility index (Phi) is 4.70. The number of ether oxygens (including phenoxy) is 1. The van der Waals surface area contributed by atoms with E-state index in [0.717, 1.165) is 0 Å². The van der Waals surface area contributed by atoms with Crippen molar-refractivity contribution in [1.29, 1.82) is 0 Å². The van der Waals surface area contributed by atoms with Crippen molar-refractivity contribution in [3.8, 4) is 5.75 Å². The largest absolute Gasteiger partial charge is 0.493 e. The highest BCUT2D eigenvalue weighted by molar-refractivity contribution is 6.10. The van der Waals surface area contributed by atoms with Gasteiger partial charge in [-0.15, -0.1) is 0 Å². The number of para-hydroxylation sites is 1. The molecule has 0 unspecified atom stereocenters. The van der Waals surface area contributed by atoms with Gasteiger partial charge in [-0.05, 0) is 12.1 Å². The van der Waals surface area contributed by atoms with E-state index in [1.54, 1.807) is 24.3 Å². The molecule has 0 fully saturated rings. The molecule has 0 bridgehead atoms. The van der Waals surface area contributed by atoms with Gasteiger partial charge >= 0.3 is 0 Å². The minimum absolute atomic E-state index is 0.0554. The van der Waals surface area contributed by atoms with E-state index < -0.39 is 0 Å². The van der Waals surface area contributed by atoms with E-state index in [1.165, 1.54) is 0 Å². The van der Waals surface area contributed by atoms with Crippen molar-refractivity contribution in [2.45, 2.75) is 6.42 Å². The molecule has 0 aromatic heterocycles. The number of aliphatic hydroxyl groups excluding tert-OH is 1. The Morgan fingerprint density at radius 2 is 1.68 bits per heavy atom. The summed E-state index contributed by atoms with van der Waals surface area (Å²) in [7, 11) is 0. The van der Waals surface area contributed by atoms with Crippen LogP contribution < -0.4 is 4.74 Å². The summed E-state index contributed by atoms with van der Waals surface area (Å²) >= 11 is 0. The average molecular weight is 256 g/mol. The molecule has 0 atom stereocenters. The van der Waals surface area contributed by atoms with Crippen LogP contribution in [0.25, 0.3) is 0 Å². The van der Waals surface area contributed by atoms with Crippen LogP contribution in [0.1, 0.15) is 22.3 Å². The maximum atomic E-state index is 12.4. The van der Waals surface area contributed by atoms with Gasteiger partial charge in [0, 0.05) is 18.6 Å². The molecule has 0 amide bonds. The predicted molar refractivity (Wildman–Crippen MR) is 73.5 cm³/mol. The predicted octanol–water partition coefficient (Wildman–Crippen LogP) is 2.68. The minimum Gasteiger partial charge on any atom is -0.493 e. The summed E-state index contributed by atoms with van der Waals surface area (Å²) in [6.45, 7) is 0.477. The maximum absolute atomic E-state index is 12.4. The quantitative estimate of drug-likeness (QED) is 0.638. The molecule has 98 valence electrons. The third kappa shape index (κ3) is 3.42. The second kappa shape index (κ2) is 6.71. The van der Waals surface area contributed by atoms with Crippen molar-refractivity contribution in [2.24, 2.45) is 0 Å². The van der Waals surface area contributed by atoms with Gasteiger partial charge in [0.05, 0.1) is 12.2 Å². The monoisotopic (exact) mass is 256 g/mol. The summed E-state index contributed by atoms with van der Waals surface area (Å²) in [5.74, 6) is 0.505. The SMILES string of the molecule is O=C(c1ccccc1)c1ccccc1OCCCO. The van der Waals surface area contributed by atoms with E-state index in [1.807, 2.05) is 30.3 Å². The molecule has 3 heteroatoms. The Bertz CT molecular complexity index is 535. The zero-order valence-electron chi connectivity index (χ0n) is 10.6. The number of rotatable bonds is 6. The van der Waals surface area contributed by atoms with E-state index in [-0.39, 0.29) is 12.4 Å². The number of hydrogen-bond donors (Lipinski definition) is 1. The van der Waals surface area contributed by atoms with Crippen molar-refractivity contribution in [3.05, 3.63) is 65.7 Å². The standard InChI is InChI=1S/C16H16O3/c17-11-6-12-19-15-10-5-4-9-14(15)16(18)13-7-2-1-3-8-13/h1-5,7-10,17H,6,11-12H2. The van der Waals surface area contributed by atoms with E-state index in [9.17, 15) is 4.79 Å². The zero-order chi connectivity index (χ0) is 13.5. The number of carbonyl (C=O) groups is 1. The number of carbonyl (C=O) groups excluding carboxylic acids is 1. The Morgan fingerprint density at radius 3 is 2.42 bits per heavy atom. The fraction of sp³-hybridized carbons (Fsp3) is 0.188. The number of hydrogen-bond acceptors (Lipinski definition) is 3. The Balaban J connectivity index is 2.22. The van der Waals surface area contributed by atoms with E-state index in [2.05, 4.69) is 0 Å². The summed E-state index contributed by atoms with van der Waals surface area (Å²) in [4.78, 5) is 12.4. The highest BCUT2D eigenvalue weighted by atomic mass is 16.5. The number of benzene rings is 2. The lowest BCUT2D eigenvalue weighted by Gasteiger charge is -2.10. The third-order valence-electron chi connectivity index (χ3n) is 2.73. The van der Waals surface area contributed by atoms with Crippen molar-refractivity contribution in [2.75, 3.05) is 13.2 Å². The molecule has 0 saturated heterocycles. The van der Waals surface area contributed by atoms with Gasteiger partial charge in [-0.1, -0.05) is 42.5 Å². The van der Waals surface area contributed by atoms with E-state index in [0.29, 0.717) is 29.9 Å². The van der Waals surface area contributed by atoms with Crippen LogP contribution in [0, 0.1) is 0 Å². The lowest BCUT2D eigenvalue weighted by Crippen LogP contribution is -2.07. The smallest absolute Gasteiger partial charge is 0.196 e. The Hall–Kier alpha value is -2.13. The summed E-state index contributed by atoms with van der Waals surface area (Å²) in [5.41, 5.74) is 1.19. The van der Waals surface area contributed by atoms with Crippen molar-refractivity contribution >= 4 is 5.78 Å². The first kappa shape index (κ1) is 13.3. The molecule has 3 nitrogen and oxygen atoms in total. The van der Waals surface area contributed by atoms with Gasteiger partial charge in [0.15, 0.2) is 5.78 Å². The van der Waals surface area contributed by atoms with Crippen LogP contribution in [0.2, 0.25) is 0 Å². The van der Waals surface area contributed by atoms with Gasteiger partial charge < -0.3 is 9.84 Å². The molecule has 2 aromatic carbocycles. The van der Waals surface area contributed by atoms with Crippen LogP contribution in [0.15, 0.2) is 54.6 Å². The van der Waals surface area contributed by atoms with Gasteiger partial charge in [-0.2, -0.15) is 0 Å². The molecule has 2 rings (SSSR count). The maximum Gasteiger partial charge on any atom is 0.196 e. The van der Waals surface area contributed by atoms with Crippen molar-refractivity contribution in [3.63, 3.8) is 0 Å². The second-order valence-electron chi connectivity index (χ2n) is 4.12. The van der Waals surface area contributed by atoms with Crippen LogP contribution in [0.4, 0.5) is 0 Å². The molecular weight excluding hydrogens is 240 g/mol. The highest BCUT2D eigenvalue weighted by Crippen LogP contribution is 2.21. The van der Waals surface area contributed by atoms with Crippen LogP contribution >= 0.6 is 0 Å². The summed E-state index contributed by atoms with van der Waals surface area (Å²) in [6, 6.07) is 16.3. The first-order valence-electron chi connectivity index (χ1n) is 6.25. The molecule has 0 aliphatic heterocycles. The molecule has 2 aromatic rings. The van der Waals surface area contributed by atoms with Crippen molar-refractivity contribution in [1.82, 2.24) is 0 Å². The molecule has 0 aliphatic carbocycles. The highest BCUT2D eigenvalue weighted by Gasteiger charge is 2.13. The lowest BCUT2D eigenvalue weighted by molar-refractivity contribution is 0.103. The Morgan fingerprint density at radius 1 is 1.00 bits per heavy atom. The Labute approximate surface area is 112 Å². The minimum atomic E-state index is -0.0554. The van der Waals surface area contributed by atoms with Crippen LogP contribution in [-0.2, 0) is 0 Å².